The maximum Gasteiger partial charge on any atom is 0.137 e. The molecular formula is C14H20N2OS. The Balaban J connectivity index is 1.95. The van der Waals surface area contributed by atoms with Crippen LogP contribution in [0.3, 0.4) is 0 Å². The fraction of sp³-hybridized carbons (Fsp3) is 0.500. The Morgan fingerprint density at radius 1 is 1.39 bits per heavy atom. The molecule has 0 bridgehead atoms. The first-order valence-corrected chi connectivity index (χ1v) is 7.22. The van der Waals surface area contributed by atoms with Crippen molar-refractivity contribution in [3.05, 3.63) is 39.4 Å². The number of aryl methyl sites for hydroxylation is 2. The summed E-state index contributed by atoms with van der Waals surface area (Å²) in [4.78, 5) is 0. The summed E-state index contributed by atoms with van der Waals surface area (Å²) in [6, 6.07) is 2.56. The zero-order valence-corrected chi connectivity index (χ0v) is 12.2. The highest BCUT2D eigenvalue weighted by molar-refractivity contribution is 7.07. The van der Waals surface area contributed by atoms with Gasteiger partial charge in [-0.1, -0.05) is 12.1 Å². The molecule has 0 spiro atoms. The van der Waals surface area contributed by atoms with Crippen LogP contribution in [-0.2, 0) is 0 Å². The van der Waals surface area contributed by atoms with E-state index in [1.165, 1.54) is 11.1 Å². The van der Waals surface area contributed by atoms with Crippen molar-refractivity contribution in [2.75, 3.05) is 6.54 Å². The van der Waals surface area contributed by atoms with Gasteiger partial charge in [0.05, 0.1) is 5.69 Å². The van der Waals surface area contributed by atoms with E-state index in [1.54, 1.807) is 11.3 Å². The Morgan fingerprint density at radius 3 is 2.72 bits per heavy atom. The van der Waals surface area contributed by atoms with E-state index >= 15 is 0 Å². The average Bonchev–Trinajstić information content (AvgIpc) is 2.96. The second-order valence-electron chi connectivity index (χ2n) is 4.83. The Kier molecular flexibility index (Phi) is 4.19. The van der Waals surface area contributed by atoms with Crippen molar-refractivity contribution in [3.8, 4) is 0 Å². The molecule has 0 aliphatic heterocycles. The molecule has 2 aromatic rings. The molecule has 2 atom stereocenters. The van der Waals surface area contributed by atoms with Gasteiger partial charge in [-0.25, -0.2) is 0 Å². The lowest BCUT2D eigenvalue weighted by atomic mass is 9.99. The molecule has 2 heterocycles. The van der Waals surface area contributed by atoms with E-state index in [0.29, 0.717) is 12.0 Å². The predicted molar refractivity (Wildman–Crippen MR) is 75.1 cm³/mol. The number of nitrogens with zero attached hydrogens (tertiary/aromatic N) is 1. The van der Waals surface area contributed by atoms with Crippen molar-refractivity contribution in [1.82, 2.24) is 10.5 Å². The van der Waals surface area contributed by atoms with Gasteiger partial charge in [0.1, 0.15) is 5.76 Å². The standard InChI is InChI=1S/C14H20N2OS/c1-9(14-11(3)16-17-12(14)4)7-15-10(2)13-5-6-18-8-13/h5-6,8-10,15H,7H2,1-4H3/t9-,10-/m0/s1. The number of hydrogen-bond acceptors (Lipinski definition) is 4. The minimum absolute atomic E-state index is 0.388. The largest absolute Gasteiger partial charge is 0.361 e. The van der Waals surface area contributed by atoms with Crippen LogP contribution >= 0.6 is 11.3 Å². The molecule has 0 aliphatic carbocycles. The van der Waals surface area contributed by atoms with Crippen LogP contribution in [0.25, 0.3) is 0 Å². The highest BCUT2D eigenvalue weighted by Gasteiger charge is 2.17. The maximum absolute atomic E-state index is 5.22. The van der Waals surface area contributed by atoms with E-state index in [4.69, 9.17) is 4.52 Å². The van der Waals surface area contributed by atoms with Gasteiger partial charge in [0.2, 0.25) is 0 Å². The van der Waals surface area contributed by atoms with E-state index in [-0.39, 0.29) is 0 Å². The van der Waals surface area contributed by atoms with Crippen molar-refractivity contribution in [2.24, 2.45) is 0 Å². The number of aromatic nitrogens is 1. The molecule has 0 radical (unpaired) electrons. The molecule has 0 fully saturated rings. The second-order valence-corrected chi connectivity index (χ2v) is 5.61. The fourth-order valence-corrected chi connectivity index (χ4v) is 3.04. The quantitative estimate of drug-likeness (QED) is 0.892. The molecule has 0 amide bonds. The average molecular weight is 264 g/mol. The van der Waals surface area contributed by atoms with Crippen LogP contribution in [0.1, 0.15) is 48.4 Å². The van der Waals surface area contributed by atoms with Crippen LogP contribution in [0.15, 0.2) is 21.3 Å². The molecule has 2 aromatic heterocycles. The lowest BCUT2D eigenvalue weighted by Gasteiger charge is -2.17. The van der Waals surface area contributed by atoms with Crippen LogP contribution in [0.5, 0.6) is 0 Å². The number of rotatable bonds is 5. The Labute approximate surface area is 112 Å². The molecule has 0 aromatic carbocycles. The van der Waals surface area contributed by atoms with Gasteiger partial charge in [0.25, 0.3) is 0 Å². The summed E-state index contributed by atoms with van der Waals surface area (Å²) < 4.78 is 5.22. The van der Waals surface area contributed by atoms with Crippen LogP contribution in [0, 0.1) is 13.8 Å². The SMILES string of the molecule is Cc1noc(C)c1[C@@H](C)CN[C@@H](C)c1ccsc1. The monoisotopic (exact) mass is 264 g/mol. The van der Waals surface area contributed by atoms with Gasteiger partial charge in [0.15, 0.2) is 0 Å². The molecule has 0 saturated heterocycles. The second kappa shape index (κ2) is 5.67. The van der Waals surface area contributed by atoms with Gasteiger partial charge in [0, 0.05) is 18.2 Å². The first-order valence-electron chi connectivity index (χ1n) is 6.27. The van der Waals surface area contributed by atoms with Crippen molar-refractivity contribution in [1.29, 1.82) is 0 Å². The summed E-state index contributed by atoms with van der Waals surface area (Å²) >= 11 is 1.74. The van der Waals surface area contributed by atoms with E-state index in [2.05, 4.69) is 41.1 Å². The van der Waals surface area contributed by atoms with Crippen molar-refractivity contribution in [3.63, 3.8) is 0 Å². The minimum atomic E-state index is 0.388. The van der Waals surface area contributed by atoms with Crippen LogP contribution in [0.2, 0.25) is 0 Å². The Hall–Kier alpha value is -1.13. The summed E-state index contributed by atoms with van der Waals surface area (Å²) in [5.74, 6) is 1.35. The molecular weight excluding hydrogens is 244 g/mol. The molecule has 0 aliphatic rings. The fourth-order valence-electron chi connectivity index (χ4n) is 2.29. The number of thiophene rings is 1. The summed E-state index contributed by atoms with van der Waals surface area (Å²) in [7, 11) is 0. The highest BCUT2D eigenvalue weighted by atomic mass is 32.1. The van der Waals surface area contributed by atoms with E-state index < -0.39 is 0 Å². The first kappa shape index (κ1) is 13.3. The van der Waals surface area contributed by atoms with Crippen LogP contribution in [0.4, 0.5) is 0 Å². The molecule has 18 heavy (non-hydrogen) atoms. The molecule has 0 saturated carbocycles. The summed E-state index contributed by atoms with van der Waals surface area (Å²) in [6.45, 7) is 9.32. The highest BCUT2D eigenvalue weighted by Crippen LogP contribution is 2.23. The molecule has 1 N–H and O–H groups in total. The van der Waals surface area contributed by atoms with Gasteiger partial charge in [-0.3, -0.25) is 0 Å². The van der Waals surface area contributed by atoms with E-state index in [0.717, 1.165) is 18.0 Å². The summed E-state index contributed by atoms with van der Waals surface area (Å²) in [6.07, 6.45) is 0. The molecule has 3 nitrogen and oxygen atoms in total. The third-order valence-electron chi connectivity index (χ3n) is 3.35. The van der Waals surface area contributed by atoms with Crippen LogP contribution < -0.4 is 5.32 Å². The minimum Gasteiger partial charge on any atom is -0.361 e. The van der Waals surface area contributed by atoms with Gasteiger partial charge >= 0.3 is 0 Å². The third kappa shape index (κ3) is 2.82. The lowest BCUT2D eigenvalue weighted by molar-refractivity contribution is 0.391. The Bertz CT molecular complexity index is 470. The summed E-state index contributed by atoms with van der Waals surface area (Å²) in [5, 5.41) is 11.9. The topological polar surface area (TPSA) is 38.1 Å². The lowest BCUT2D eigenvalue weighted by Crippen LogP contribution is -2.23. The van der Waals surface area contributed by atoms with Gasteiger partial charge < -0.3 is 9.84 Å². The summed E-state index contributed by atoms with van der Waals surface area (Å²) in [5.41, 5.74) is 3.59. The predicted octanol–water partition coefficient (Wildman–Crippen LogP) is 3.81. The van der Waals surface area contributed by atoms with Gasteiger partial charge in [-0.05, 0) is 49.1 Å². The number of nitrogens with one attached hydrogen (secondary N) is 1. The van der Waals surface area contributed by atoms with E-state index in [9.17, 15) is 0 Å². The first-order chi connectivity index (χ1) is 8.59. The van der Waals surface area contributed by atoms with Gasteiger partial charge in [-0.2, -0.15) is 11.3 Å². The molecule has 98 valence electrons. The Morgan fingerprint density at radius 2 is 2.17 bits per heavy atom. The van der Waals surface area contributed by atoms with Crippen molar-refractivity contribution in [2.45, 2.75) is 39.7 Å². The smallest absolute Gasteiger partial charge is 0.137 e. The van der Waals surface area contributed by atoms with Crippen molar-refractivity contribution < 1.29 is 4.52 Å². The van der Waals surface area contributed by atoms with Gasteiger partial charge in [-0.15, -0.1) is 0 Å². The normalized spacial score (nSPS) is 14.7. The zero-order chi connectivity index (χ0) is 13.1. The maximum atomic E-state index is 5.22. The van der Waals surface area contributed by atoms with Crippen molar-refractivity contribution >= 4 is 11.3 Å². The third-order valence-corrected chi connectivity index (χ3v) is 4.06. The van der Waals surface area contributed by atoms with Crippen LogP contribution in [-0.4, -0.2) is 11.7 Å². The molecule has 0 unspecified atom stereocenters. The zero-order valence-electron chi connectivity index (χ0n) is 11.4. The van der Waals surface area contributed by atoms with E-state index in [1.807, 2.05) is 13.8 Å². The molecule has 2 rings (SSSR count). The number of hydrogen-bond donors (Lipinski definition) is 1. The molecule has 4 heteroatoms.